The van der Waals surface area contributed by atoms with E-state index in [9.17, 15) is 9.59 Å². The van der Waals surface area contributed by atoms with Crippen LogP contribution in [-0.2, 0) is 14.3 Å². The number of hydrogen-bond acceptors (Lipinski definition) is 4. The quantitative estimate of drug-likeness (QED) is 0.614. The van der Waals surface area contributed by atoms with Crippen molar-refractivity contribution in [3.05, 3.63) is 0 Å². The number of rotatable bonds is 7. The van der Waals surface area contributed by atoms with Gasteiger partial charge in [0.2, 0.25) is 5.91 Å². The Hall–Kier alpha value is -1.10. The number of likely N-dealkylation sites (N-methyl/N-ethyl adjacent to an activating group) is 1. The van der Waals surface area contributed by atoms with Gasteiger partial charge < -0.3 is 10.5 Å². The Morgan fingerprint density at radius 1 is 1.33 bits per heavy atom. The van der Waals surface area contributed by atoms with Crippen LogP contribution in [0.1, 0.15) is 27.2 Å². The summed E-state index contributed by atoms with van der Waals surface area (Å²) in [6.07, 6.45) is 0.600. The van der Waals surface area contributed by atoms with E-state index in [0.29, 0.717) is 19.6 Å². The highest BCUT2D eigenvalue weighted by Gasteiger charge is 2.22. The zero-order valence-electron chi connectivity index (χ0n) is 9.66. The number of ether oxygens (including phenoxy) is 1. The minimum atomic E-state index is -0.399. The van der Waals surface area contributed by atoms with Crippen LogP contribution in [0.3, 0.4) is 0 Å². The predicted molar refractivity (Wildman–Crippen MR) is 57.2 cm³/mol. The van der Waals surface area contributed by atoms with Gasteiger partial charge in [-0.2, -0.15) is 0 Å². The molecule has 1 amide bonds. The molecule has 0 saturated carbocycles. The molecule has 0 aliphatic carbocycles. The summed E-state index contributed by atoms with van der Waals surface area (Å²) < 4.78 is 4.82. The second-order valence-electron chi connectivity index (χ2n) is 3.19. The molecule has 0 rings (SSSR count). The van der Waals surface area contributed by atoms with Gasteiger partial charge in [-0.15, -0.1) is 0 Å². The minimum absolute atomic E-state index is 0.117. The van der Waals surface area contributed by atoms with Crippen molar-refractivity contribution >= 4 is 11.9 Å². The molecule has 0 aliphatic rings. The average Bonchev–Trinajstić information content (AvgIpc) is 2.17. The maximum absolute atomic E-state index is 11.2. The Morgan fingerprint density at radius 2 is 1.93 bits per heavy atom. The third-order valence-electron chi connectivity index (χ3n) is 2.20. The number of primary amides is 1. The lowest BCUT2D eigenvalue weighted by Gasteiger charge is -2.26. The van der Waals surface area contributed by atoms with Crippen LogP contribution in [0.15, 0.2) is 0 Å². The fourth-order valence-electron chi connectivity index (χ4n) is 1.45. The highest BCUT2D eigenvalue weighted by Crippen LogP contribution is 2.03. The van der Waals surface area contributed by atoms with E-state index in [0.717, 1.165) is 0 Å². The largest absolute Gasteiger partial charge is 0.465 e. The Kier molecular flexibility index (Phi) is 6.70. The molecule has 0 bridgehead atoms. The summed E-state index contributed by atoms with van der Waals surface area (Å²) in [5.41, 5.74) is 5.24. The van der Waals surface area contributed by atoms with Crippen LogP contribution < -0.4 is 5.73 Å². The van der Waals surface area contributed by atoms with Gasteiger partial charge in [0.05, 0.1) is 19.2 Å². The molecule has 5 nitrogen and oxygen atoms in total. The van der Waals surface area contributed by atoms with Crippen LogP contribution in [0.4, 0.5) is 0 Å². The van der Waals surface area contributed by atoms with E-state index in [1.54, 1.807) is 11.8 Å². The second-order valence-corrected chi connectivity index (χ2v) is 3.19. The van der Waals surface area contributed by atoms with Crippen LogP contribution in [0.5, 0.6) is 0 Å². The molecule has 0 saturated heterocycles. The van der Waals surface area contributed by atoms with Crippen LogP contribution in [0.25, 0.3) is 0 Å². The van der Waals surface area contributed by atoms with Gasteiger partial charge in [-0.3, -0.25) is 14.5 Å². The summed E-state index contributed by atoms with van der Waals surface area (Å²) in [5, 5.41) is 0. The Balaban J connectivity index is 4.33. The van der Waals surface area contributed by atoms with E-state index in [1.165, 1.54) is 0 Å². The summed E-state index contributed by atoms with van der Waals surface area (Å²) in [5.74, 6) is -0.720. The van der Waals surface area contributed by atoms with Gasteiger partial charge in [0.25, 0.3) is 0 Å². The number of carbonyl (C=O) groups is 2. The summed E-state index contributed by atoms with van der Waals surface area (Å²) in [4.78, 5) is 24.1. The first kappa shape index (κ1) is 13.9. The van der Waals surface area contributed by atoms with E-state index < -0.39 is 5.91 Å². The maximum atomic E-state index is 11.2. The summed E-state index contributed by atoms with van der Waals surface area (Å²) >= 11 is 0. The Bertz CT molecular complexity index is 219. The lowest BCUT2D eigenvalue weighted by molar-refractivity contribution is -0.145. The van der Waals surface area contributed by atoms with Crippen molar-refractivity contribution in [2.24, 2.45) is 5.73 Å². The van der Waals surface area contributed by atoms with Gasteiger partial charge in [0.1, 0.15) is 0 Å². The third kappa shape index (κ3) is 4.78. The smallest absolute Gasteiger partial charge is 0.320 e. The van der Waals surface area contributed by atoms with Gasteiger partial charge in [0, 0.05) is 0 Å². The first-order chi connectivity index (χ1) is 7.06. The van der Waals surface area contributed by atoms with Crippen molar-refractivity contribution < 1.29 is 14.3 Å². The molecule has 0 heterocycles. The van der Waals surface area contributed by atoms with Crippen molar-refractivity contribution in [2.75, 3.05) is 19.7 Å². The molecule has 88 valence electrons. The van der Waals surface area contributed by atoms with Crippen LogP contribution in [0.2, 0.25) is 0 Å². The molecule has 15 heavy (non-hydrogen) atoms. The summed E-state index contributed by atoms with van der Waals surface area (Å²) in [6.45, 7) is 6.56. The van der Waals surface area contributed by atoms with Crippen molar-refractivity contribution in [3.8, 4) is 0 Å². The van der Waals surface area contributed by atoms with Gasteiger partial charge in [0.15, 0.2) is 0 Å². The molecule has 0 radical (unpaired) electrons. The minimum Gasteiger partial charge on any atom is -0.465 e. The molecule has 0 aliphatic heterocycles. The molecule has 1 atom stereocenters. The SMILES string of the molecule is CCOC(=O)CN(CC)C(CC)C(N)=O. The highest BCUT2D eigenvalue weighted by molar-refractivity contribution is 5.81. The lowest BCUT2D eigenvalue weighted by Crippen LogP contribution is -2.46. The number of hydrogen-bond donors (Lipinski definition) is 1. The Labute approximate surface area is 90.6 Å². The molecule has 1 unspecified atom stereocenters. The number of esters is 1. The van der Waals surface area contributed by atoms with E-state index in [1.807, 2.05) is 13.8 Å². The zero-order valence-corrected chi connectivity index (χ0v) is 9.66. The lowest BCUT2D eigenvalue weighted by atomic mass is 10.2. The summed E-state index contributed by atoms with van der Waals surface area (Å²) in [6, 6.07) is -0.389. The number of nitrogens with zero attached hydrogens (tertiary/aromatic N) is 1. The van der Waals surface area contributed by atoms with Crippen LogP contribution >= 0.6 is 0 Å². The molecule has 5 heteroatoms. The zero-order chi connectivity index (χ0) is 11.8. The average molecular weight is 216 g/mol. The molecule has 0 aromatic carbocycles. The standard InChI is InChI=1S/C10H20N2O3/c1-4-8(10(11)14)12(5-2)7-9(13)15-6-3/h8H,4-7H2,1-3H3,(H2,11,14). The highest BCUT2D eigenvalue weighted by atomic mass is 16.5. The fraction of sp³-hybridized carbons (Fsp3) is 0.800. The van der Waals surface area contributed by atoms with E-state index in [2.05, 4.69) is 0 Å². The predicted octanol–water partition coefficient (Wildman–Crippen LogP) is 0.135. The Morgan fingerprint density at radius 3 is 2.27 bits per heavy atom. The van der Waals surface area contributed by atoms with Crippen molar-refractivity contribution in [3.63, 3.8) is 0 Å². The molecule has 0 fully saturated rings. The molecular weight excluding hydrogens is 196 g/mol. The maximum Gasteiger partial charge on any atom is 0.320 e. The van der Waals surface area contributed by atoms with E-state index >= 15 is 0 Å². The molecule has 2 N–H and O–H groups in total. The molecule has 0 aromatic heterocycles. The third-order valence-corrected chi connectivity index (χ3v) is 2.20. The fourth-order valence-corrected chi connectivity index (χ4v) is 1.45. The van der Waals surface area contributed by atoms with Gasteiger partial charge in [-0.25, -0.2) is 0 Å². The van der Waals surface area contributed by atoms with Crippen LogP contribution in [0, 0.1) is 0 Å². The van der Waals surface area contributed by atoms with Gasteiger partial charge >= 0.3 is 5.97 Å². The van der Waals surface area contributed by atoms with E-state index in [-0.39, 0.29) is 18.6 Å². The van der Waals surface area contributed by atoms with Crippen LogP contribution in [-0.4, -0.2) is 42.5 Å². The molecular formula is C10H20N2O3. The first-order valence-electron chi connectivity index (χ1n) is 5.25. The first-order valence-corrected chi connectivity index (χ1v) is 5.25. The van der Waals surface area contributed by atoms with Crippen molar-refractivity contribution in [2.45, 2.75) is 33.2 Å². The van der Waals surface area contributed by atoms with Gasteiger partial charge in [-0.05, 0) is 19.9 Å². The number of carbonyl (C=O) groups excluding carboxylic acids is 2. The van der Waals surface area contributed by atoms with Crippen molar-refractivity contribution in [1.29, 1.82) is 0 Å². The normalized spacial score (nSPS) is 12.5. The van der Waals surface area contributed by atoms with E-state index in [4.69, 9.17) is 10.5 Å². The van der Waals surface area contributed by atoms with Gasteiger partial charge in [-0.1, -0.05) is 13.8 Å². The topological polar surface area (TPSA) is 72.6 Å². The monoisotopic (exact) mass is 216 g/mol. The number of nitrogens with two attached hydrogens (primary N) is 1. The number of amides is 1. The molecule has 0 spiro atoms. The second kappa shape index (κ2) is 7.23. The molecule has 0 aromatic rings. The summed E-state index contributed by atoms with van der Waals surface area (Å²) in [7, 11) is 0. The van der Waals surface area contributed by atoms with Crippen molar-refractivity contribution in [1.82, 2.24) is 4.90 Å².